The zero-order chi connectivity index (χ0) is 19.3. The fourth-order valence-corrected chi connectivity index (χ4v) is 2.93. The van der Waals surface area contributed by atoms with Crippen molar-refractivity contribution in [1.82, 2.24) is 15.1 Å². The predicted molar refractivity (Wildman–Crippen MR) is 102 cm³/mol. The summed E-state index contributed by atoms with van der Waals surface area (Å²) in [5, 5.41) is 7.54. The first-order valence-corrected chi connectivity index (χ1v) is 8.86. The van der Waals surface area contributed by atoms with Crippen molar-refractivity contribution < 1.29 is 14.3 Å². The van der Waals surface area contributed by atoms with Crippen molar-refractivity contribution in [3.63, 3.8) is 0 Å². The summed E-state index contributed by atoms with van der Waals surface area (Å²) < 4.78 is 12.5. The number of benzene rings is 1. The molecule has 2 aromatic rings. The van der Waals surface area contributed by atoms with Crippen LogP contribution in [0.5, 0.6) is 11.5 Å². The van der Waals surface area contributed by atoms with Gasteiger partial charge >= 0.3 is 0 Å². The lowest BCUT2D eigenvalue weighted by Gasteiger charge is -2.11. The maximum atomic E-state index is 12.4. The molecule has 0 aliphatic rings. The Morgan fingerprint density at radius 1 is 1.19 bits per heavy atom. The highest BCUT2D eigenvalue weighted by Crippen LogP contribution is 2.27. The quantitative estimate of drug-likeness (QED) is 0.787. The third-order valence-corrected chi connectivity index (χ3v) is 4.34. The number of carbonyl (C=O) groups excluding carboxylic acids is 1. The number of carbonyl (C=O) groups is 1. The third-order valence-electron chi connectivity index (χ3n) is 4.34. The van der Waals surface area contributed by atoms with Crippen molar-refractivity contribution in [2.24, 2.45) is 5.92 Å². The zero-order valence-corrected chi connectivity index (χ0v) is 16.5. The van der Waals surface area contributed by atoms with Gasteiger partial charge in [-0.15, -0.1) is 0 Å². The van der Waals surface area contributed by atoms with Crippen LogP contribution in [0.3, 0.4) is 0 Å². The second-order valence-corrected chi connectivity index (χ2v) is 6.87. The summed E-state index contributed by atoms with van der Waals surface area (Å²) in [6.07, 6.45) is 0.336. The van der Waals surface area contributed by atoms with E-state index < -0.39 is 0 Å². The van der Waals surface area contributed by atoms with Gasteiger partial charge in [0.25, 0.3) is 0 Å². The average molecular weight is 359 g/mol. The number of hydrogen-bond acceptors (Lipinski definition) is 4. The summed E-state index contributed by atoms with van der Waals surface area (Å²) >= 11 is 0. The Balaban J connectivity index is 2.00. The topological polar surface area (TPSA) is 65.4 Å². The summed E-state index contributed by atoms with van der Waals surface area (Å²) in [4.78, 5) is 12.4. The van der Waals surface area contributed by atoms with Crippen LogP contribution in [0.4, 0.5) is 0 Å². The van der Waals surface area contributed by atoms with E-state index in [0.29, 0.717) is 30.4 Å². The lowest BCUT2D eigenvalue weighted by Crippen LogP contribution is -2.25. The Kier molecular flexibility index (Phi) is 6.66. The number of nitrogens with zero attached hydrogens (tertiary/aromatic N) is 2. The van der Waals surface area contributed by atoms with E-state index in [1.807, 2.05) is 36.7 Å². The second-order valence-electron chi connectivity index (χ2n) is 6.87. The molecule has 6 nitrogen and oxygen atoms in total. The molecule has 0 fully saturated rings. The van der Waals surface area contributed by atoms with Crippen molar-refractivity contribution in [2.75, 3.05) is 14.2 Å². The van der Waals surface area contributed by atoms with Crippen molar-refractivity contribution in [1.29, 1.82) is 0 Å². The van der Waals surface area contributed by atoms with Crippen LogP contribution in [-0.2, 0) is 24.3 Å². The van der Waals surface area contributed by atoms with Crippen LogP contribution in [0.25, 0.3) is 0 Å². The molecule has 0 saturated carbocycles. The summed E-state index contributed by atoms with van der Waals surface area (Å²) in [5.41, 5.74) is 3.96. The highest BCUT2D eigenvalue weighted by Gasteiger charge is 2.15. The Morgan fingerprint density at radius 3 is 2.50 bits per heavy atom. The molecule has 0 aliphatic carbocycles. The molecule has 1 heterocycles. The molecular formula is C20H29N3O3. The monoisotopic (exact) mass is 359 g/mol. The molecule has 0 spiro atoms. The summed E-state index contributed by atoms with van der Waals surface area (Å²) in [5.74, 6) is 1.82. The summed E-state index contributed by atoms with van der Waals surface area (Å²) in [6, 6.07) is 5.62. The van der Waals surface area contributed by atoms with Crippen LogP contribution in [0.15, 0.2) is 18.2 Å². The number of aryl methyl sites for hydroxylation is 1. The molecule has 142 valence electrons. The van der Waals surface area contributed by atoms with Crippen molar-refractivity contribution in [3.8, 4) is 11.5 Å². The molecule has 1 N–H and O–H groups in total. The Labute approximate surface area is 155 Å². The van der Waals surface area contributed by atoms with Gasteiger partial charge in [0.2, 0.25) is 5.91 Å². The third kappa shape index (κ3) is 4.77. The SMILES string of the molecule is COc1ccc(CNC(=O)Cc2c(C)nn(CC(C)C)c2C)cc1OC. The molecule has 1 aromatic carbocycles. The van der Waals surface area contributed by atoms with E-state index in [1.165, 1.54) is 0 Å². The fraction of sp³-hybridized carbons (Fsp3) is 0.500. The molecule has 26 heavy (non-hydrogen) atoms. The van der Waals surface area contributed by atoms with E-state index >= 15 is 0 Å². The zero-order valence-electron chi connectivity index (χ0n) is 16.5. The number of amides is 1. The number of ether oxygens (including phenoxy) is 2. The lowest BCUT2D eigenvalue weighted by molar-refractivity contribution is -0.120. The molecule has 0 saturated heterocycles. The van der Waals surface area contributed by atoms with Crippen LogP contribution >= 0.6 is 0 Å². The van der Waals surface area contributed by atoms with E-state index in [-0.39, 0.29) is 5.91 Å². The molecule has 0 bridgehead atoms. The van der Waals surface area contributed by atoms with Crippen molar-refractivity contribution in [3.05, 3.63) is 40.7 Å². The largest absolute Gasteiger partial charge is 0.493 e. The van der Waals surface area contributed by atoms with E-state index in [1.54, 1.807) is 14.2 Å². The van der Waals surface area contributed by atoms with Crippen molar-refractivity contribution in [2.45, 2.75) is 47.2 Å². The number of methoxy groups -OCH3 is 2. The predicted octanol–water partition coefficient (Wildman–Crippen LogP) is 3.03. The van der Waals surface area contributed by atoms with Gasteiger partial charge in [-0.25, -0.2) is 0 Å². The van der Waals surface area contributed by atoms with E-state index in [0.717, 1.165) is 29.1 Å². The standard InChI is InChI=1S/C20H29N3O3/c1-13(2)12-23-15(4)17(14(3)22-23)10-20(24)21-11-16-7-8-18(25-5)19(9-16)26-6/h7-9,13H,10-12H2,1-6H3,(H,21,24). The molecule has 1 amide bonds. The number of nitrogens with one attached hydrogen (secondary N) is 1. The summed E-state index contributed by atoms with van der Waals surface area (Å²) in [7, 11) is 3.20. The van der Waals surface area contributed by atoms with Gasteiger partial charge < -0.3 is 14.8 Å². The highest BCUT2D eigenvalue weighted by atomic mass is 16.5. The van der Waals surface area contributed by atoms with Gasteiger partial charge in [0.05, 0.1) is 26.3 Å². The first-order valence-electron chi connectivity index (χ1n) is 8.86. The van der Waals surface area contributed by atoms with Crippen LogP contribution in [0.1, 0.15) is 36.4 Å². The lowest BCUT2D eigenvalue weighted by atomic mass is 10.1. The van der Waals surface area contributed by atoms with E-state index in [4.69, 9.17) is 9.47 Å². The van der Waals surface area contributed by atoms with Gasteiger partial charge in [-0.1, -0.05) is 19.9 Å². The molecule has 1 aromatic heterocycles. The molecular weight excluding hydrogens is 330 g/mol. The Hall–Kier alpha value is -2.50. The van der Waals surface area contributed by atoms with Crippen LogP contribution < -0.4 is 14.8 Å². The smallest absolute Gasteiger partial charge is 0.224 e. The van der Waals surface area contributed by atoms with Gasteiger partial charge in [-0.3, -0.25) is 9.48 Å². The van der Waals surface area contributed by atoms with Crippen LogP contribution in [0, 0.1) is 19.8 Å². The Bertz CT molecular complexity index is 766. The van der Waals surface area contributed by atoms with Crippen molar-refractivity contribution >= 4 is 5.91 Å². The number of aromatic nitrogens is 2. The average Bonchev–Trinajstić information content (AvgIpc) is 2.86. The molecule has 2 rings (SSSR count). The van der Waals surface area contributed by atoms with Gasteiger partial charge in [-0.2, -0.15) is 5.10 Å². The van der Waals surface area contributed by atoms with Gasteiger partial charge in [0, 0.05) is 24.3 Å². The molecule has 0 aliphatic heterocycles. The maximum absolute atomic E-state index is 12.4. The minimum atomic E-state index is -0.0184. The molecule has 0 unspecified atom stereocenters. The van der Waals surface area contributed by atoms with E-state index in [9.17, 15) is 4.79 Å². The molecule has 0 atom stereocenters. The first-order chi connectivity index (χ1) is 12.3. The normalized spacial score (nSPS) is 10.9. The maximum Gasteiger partial charge on any atom is 0.224 e. The molecule has 6 heteroatoms. The first kappa shape index (κ1) is 19.8. The number of rotatable bonds is 8. The number of hydrogen-bond donors (Lipinski definition) is 1. The molecule has 0 radical (unpaired) electrons. The fourth-order valence-electron chi connectivity index (χ4n) is 2.93. The second kappa shape index (κ2) is 8.74. The van der Waals surface area contributed by atoms with Gasteiger partial charge in [0.1, 0.15) is 0 Å². The van der Waals surface area contributed by atoms with Crippen LogP contribution in [0.2, 0.25) is 0 Å². The van der Waals surface area contributed by atoms with Gasteiger partial charge in [0.15, 0.2) is 11.5 Å². The summed E-state index contributed by atoms with van der Waals surface area (Å²) in [6.45, 7) is 9.61. The van der Waals surface area contributed by atoms with E-state index in [2.05, 4.69) is 24.3 Å². The highest BCUT2D eigenvalue weighted by molar-refractivity contribution is 5.79. The van der Waals surface area contributed by atoms with Crippen LogP contribution in [-0.4, -0.2) is 29.9 Å². The minimum Gasteiger partial charge on any atom is -0.493 e. The Morgan fingerprint density at radius 2 is 1.88 bits per heavy atom. The van der Waals surface area contributed by atoms with Gasteiger partial charge in [-0.05, 0) is 37.5 Å². The minimum absolute atomic E-state index is 0.0184.